The minimum atomic E-state index is -0.499. The van der Waals surface area contributed by atoms with E-state index in [-0.39, 0.29) is 23.6 Å². The normalized spacial score (nSPS) is 11.0. The fourth-order valence-electron chi connectivity index (χ4n) is 3.36. The Hall–Kier alpha value is -3.00. The summed E-state index contributed by atoms with van der Waals surface area (Å²) in [5.74, 6) is -1.44. The second-order valence-corrected chi connectivity index (χ2v) is 7.83. The number of hydrogen-bond donors (Lipinski definition) is 0. The molecule has 0 saturated carbocycles. The van der Waals surface area contributed by atoms with Crippen LogP contribution in [0.15, 0.2) is 24.3 Å². The molecule has 164 valence electrons. The molecule has 0 atom stereocenters. The summed E-state index contributed by atoms with van der Waals surface area (Å²) in [7, 11) is 1.50. The smallest absolute Gasteiger partial charge is 0.306 e. The summed E-state index contributed by atoms with van der Waals surface area (Å²) < 4.78 is 20.8. The molecule has 0 saturated heterocycles. The number of hydrogen-bond acceptors (Lipinski definition) is 5. The maximum Gasteiger partial charge on any atom is 0.306 e. The van der Waals surface area contributed by atoms with Crippen molar-refractivity contribution < 1.29 is 18.7 Å². The van der Waals surface area contributed by atoms with Gasteiger partial charge < -0.3 is 9.64 Å². The molecule has 31 heavy (non-hydrogen) atoms. The molecule has 0 aliphatic rings. The Bertz CT molecular complexity index is 1130. The monoisotopic (exact) mass is 446 g/mol. The van der Waals surface area contributed by atoms with Crippen molar-refractivity contribution in [3.8, 4) is 0 Å². The van der Waals surface area contributed by atoms with Crippen LogP contribution in [0.25, 0.3) is 5.65 Å². The number of ether oxygens (including phenoxy) is 1. The summed E-state index contributed by atoms with van der Waals surface area (Å²) in [5, 5.41) is 4.66. The van der Waals surface area contributed by atoms with Crippen LogP contribution in [-0.4, -0.2) is 45.0 Å². The van der Waals surface area contributed by atoms with Gasteiger partial charge in [0, 0.05) is 48.1 Å². The average Bonchev–Trinajstić information content (AvgIpc) is 3.08. The SMILES string of the molecule is Cc1cc2nc(C)c(CCC(=O)OCC(=O)N(C)Cc3c(F)cccc3Cl)c(C)n2n1. The molecule has 9 heteroatoms. The molecule has 1 amide bonds. The number of halogens is 2. The highest BCUT2D eigenvalue weighted by Gasteiger charge is 2.17. The van der Waals surface area contributed by atoms with Crippen molar-refractivity contribution in [1.29, 1.82) is 0 Å². The highest BCUT2D eigenvalue weighted by molar-refractivity contribution is 6.31. The quantitative estimate of drug-likeness (QED) is 0.518. The van der Waals surface area contributed by atoms with Crippen LogP contribution in [0.3, 0.4) is 0 Å². The van der Waals surface area contributed by atoms with Gasteiger partial charge in [-0.1, -0.05) is 17.7 Å². The zero-order chi connectivity index (χ0) is 22.7. The number of aryl methyl sites for hydroxylation is 3. The van der Waals surface area contributed by atoms with Crippen molar-refractivity contribution in [3.63, 3.8) is 0 Å². The number of esters is 1. The fraction of sp³-hybridized carbons (Fsp3) is 0.364. The van der Waals surface area contributed by atoms with Gasteiger partial charge in [0.25, 0.3) is 5.91 Å². The number of nitrogens with zero attached hydrogens (tertiary/aromatic N) is 4. The van der Waals surface area contributed by atoms with E-state index in [0.29, 0.717) is 6.42 Å². The third-order valence-corrected chi connectivity index (χ3v) is 5.46. The lowest BCUT2D eigenvalue weighted by molar-refractivity contribution is -0.151. The van der Waals surface area contributed by atoms with E-state index < -0.39 is 24.3 Å². The van der Waals surface area contributed by atoms with Gasteiger partial charge in [-0.25, -0.2) is 13.9 Å². The van der Waals surface area contributed by atoms with Crippen LogP contribution in [0.1, 0.15) is 34.6 Å². The minimum Gasteiger partial charge on any atom is -0.456 e. The molecule has 0 radical (unpaired) electrons. The van der Waals surface area contributed by atoms with Gasteiger partial charge in [0.2, 0.25) is 0 Å². The van der Waals surface area contributed by atoms with E-state index >= 15 is 0 Å². The van der Waals surface area contributed by atoms with Crippen LogP contribution in [0.5, 0.6) is 0 Å². The van der Waals surface area contributed by atoms with Gasteiger partial charge in [0.15, 0.2) is 12.3 Å². The first-order valence-corrected chi connectivity index (χ1v) is 10.2. The summed E-state index contributed by atoms with van der Waals surface area (Å²) in [5.41, 5.74) is 4.52. The molecule has 7 nitrogen and oxygen atoms in total. The molecular weight excluding hydrogens is 423 g/mol. The summed E-state index contributed by atoms with van der Waals surface area (Å²) in [6.45, 7) is 5.28. The summed E-state index contributed by atoms with van der Waals surface area (Å²) in [6, 6.07) is 6.23. The summed E-state index contributed by atoms with van der Waals surface area (Å²) >= 11 is 5.99. The standard InChI is InChI=1S/C22H24ClFN4O3/c1-13-10-20-25-14(2)16(15(3)28(20)26-13)8-9-22(30)31-12-21(29)27(4)11-17-18(23)6-5-7-19(17)24/h5-7,10H,8-9,11-12H2,1-4H3. The number of benzene rings is 1. The number of carbonyl (C=O) groups is 2. The van der Waals surface area contributed by atoms with Crippen LogP contribution < -0.4 is 0 Å². The second-order valence-electron chi connectivity index (χ2n) is 7.43. The molecule has 0 aliphatic carbocycles. The van der Waals surface area contributed by atoms with Crippen molar-refractivity contribution in [3.05, 3.63) is 63.3 Å². The molecule has 0 fully saturated rings. The van der Waals surface area contributed by atoms with E-state index in [9.17, 15) is 14.0 Å². The Balaban J connectivity index is 1.54. The second kappa shape index (κ2) is 9.43. The predicted octanol–water partition coefficient (Wildman–Crippen LogP) is 3.58. The van der Waals surface area contributed by atoms with Gasteiger partial charge in [-0.3, -0.25) is 9.59 Å². The molecule has 0 N–H and O–H groups in total. The molecule has 2 aromatic heterocycles. The molecule has 0 aliphatic heterocycles. The maximum absolute atomic E-state index is 13.9. The predicted molar refractivity (Wildman–Crippen MR) is 114 cm³/mol. The number of amides is 1. The van der Waals surface area contributed by atoms with Crippen LogP contribution in [-0.2, 0) is 27.3 Å². The van der Waals surface area contributed by atoms with Crippen LogP contribution in [0, 0.1) is 26.6 Å². The highest BCUT2D eigenvalue weighted by atomic mass is 35.5. The highest BCUT2D eigenvalue weighted by Crippen LogP contribution is 2.20. The Kier molecular flexibility index (Phi) is 6.90. The van der Waals surface area contributed by atoms with Crippen molar-refractivity contribution in [2.75, 3.05) is 13.7 Å². The third kappa shape index (κ3) is 5.19. The van der Waals surface area contributed by atoms with Crippen molar-refractivity contribution in [2.45, 2.75) is 40.2 Å². The number of rotatable bonds is 7. The Morgan fingerprint density at radius 3 is 2.68 bits per heavy atom. The lowest BCUT2D eigenvalue weighted by Crippen LogP contribution is -2.31. The summed E-state index contributed by atoms with van der Waals surface area (Å²) in [6.07, 6.45) is 0.526. The van der Waals surface area contributed by atoms with Gasteiger partial charge in [0.1, 0.15) is 5.82 Å². The van der Waals surface area contributed by atoms with Gasteiger partial charge in [0.05, 0.1) is 5.69 Å². The molecular formula is C22H24ClFN4O3. The van der Waals surface area contributed by atoms with Crippen molar-refractivity contribution >= 4 is 29.1 Å². The average molecular weight is 447 g/mol. The zero-order valence-electron chi connectivity index (χ0n) is 17.9. The molecule has 0 spiro atoms. The molecule has 2 heterocycles. The van der Waals surface area contributed by atoms with Crippen molar-refractivity contribution in [1.82, 2.24) is 19.5 Å². The minimum absolute atomic E-state index is 0.0186. The third-order valence-electron chi connectivity index (χ3n) is 5.10. The van der Waals surface area contributed by atoms with E-state index in [0.717, 1.165) is 28.3 Å². The Labute approximate surface area is 184 Å². The van der Waals surface area contributed by atoms with E-state index in [4.69, 9.17) is 16.3 Å². The molecule has 3 aromatic rings. The number of carbonyl (C=O) groups excluding carboxylic acids is 2. The van der Waals surface area contributed by atoms with E-state index in [1.807, 2.05) is 26.8 Å². The fourth-order valence-corrected chi connectivity index (χ4v) is 3.59. The van der Waals surface area contributed by atoms with Gasteiger partial charge in [-0.2, -0.15) is 5.10 Å². The Morgan fingerprint density at radius 2 is 1.97 bits per heavy atom. The lowest BCUT2D eigenvalue weighted by atomic mass is 10.1. The largest absolute Gasteiger partial charge is 0.456 e. The summed E-state index contributed by atoms with van der Waals surface area (Å²) in [4.78, 5) is 30.3. The molecule has 0 bridgehead atoms. The van der Waals surface area contributed by atoms with Crippen molar-refractivity contribution in [2.24, 2.45) is 0 Å². The first-order chi connectivity index (χ1) is 14.7. The maximum atomic E-state index is 13.9. The van der Waals surface area contributed by atoms with E-state index in [1.54, 1.807) is 10.6 Å². The Morgan fingerprint density at radius 1 is 1.23 bits per heavy atom. The first kappa shape index (κ1) is 22.7. The van der Waals surface area contributed by atoms with E-state index in [2.05, 4.69) is 10.1 Å². The first-order valence-electron chi connectivity index (χ1n) is 9.82. The zero-order valence-corrected chi connectivity index (χ0v) is 18.7. The van der Waals surface area contributed by atoms with Crippen LogP contribution in [0.4, 0.5) is 4.39 Å². The lowest BCUT2D eigenvalue weighted by Gasteiger charge is -2.18. The van der Waals surface area contributed by atoms with Gasteiger partial charge in [-0.05, 0) is 44.9 Å². The number of fused-ring (bicyclic) bond motifs is 1. The van der Waals surface area contributed by atoms with E-state index in [1.165, 1.54) is 24.1 Å². The number of aromatic nitrogens is 3. The number of likely N-dealkylation sites (N-methyl/N-ethyl adjacent to an activating group) is 1. The van der Waals surface area contributed by atoms with Gasteiger partial charge >= 0.3 is 5.97 Å². The molecule has 0 unspecified atom stereocenters. The molecule has 1 aromatic carbocycles. The van der Waals surface area contributed by atoms with Crippen LogP contribution in [0.2, 0.25) is 5.02 Å². The topological polar surface area (TPSA) is 76.8 Å². The van der Waals surface area contributed by atoms with Crippen LogP contribution >= 0.6 is 11.6 Å². The van der Waals surface area contributed by atoms with Gasteiger partial charge in [-0.15, -0.1) is 0 Å². The molecule has 3 rings (SSSR count).